The molecule has 0 radical (unpaired) electrons. The number of anilines is 1. The molecule has 5 rings (SSSR count). The number of nitrogens with zero attached hydrogens (tertiary/aromatic N) is 3. The van der Waals surface area contributed by atoms with Crippen LogP contribution in [0.15, 0.2) is 48.5 Å². The van der Waals surface area contributed by atoms with Crippen LogP contribution in [0, 0.1) is 5.92 Å². The van der Waals surface area contributed by atoms with Crippen LogP contribution in [0.2, 0.25) is 0 Å². The SMILES string of the molecule is O=C(NCCN1CCCC1)[C@H]1Cc2cc(C(F)(F)F)ccc2N2CCN(CCOc3ccccc3)C[C@@H]12. The minimum atomic E-state index is -4.41. The van der Waals surface area contributed by atoms with Crippen LogP contribution in [0.25, 0.3) is 0 Å². The maximum absolute atomic E-state index is 13.4. The molecule has 3 aliphatic rings. The Bertz CT molecular complexity index is 1060. The molecule has 2 aromatic carbocycles. The normalized spacial score (nSPS) is 22.4. The predicted molar refractivity (Wildman–Crippen MR) is 137 cm³/mol. The number of benzene rings is 2. The van der Waals surface area contributed by atoms with Gasteiger partial charge in [-0.15, -0.1) is 0 Å². The summed E-state index contributed by atoms with van der Waals surface area (Å²) in [6, 6.07) is 13.5. The van der Waals surface area contributed by atoms with Crippen molar-refractivity contribution in [3.63, 3.8) is 0 Å². The fourth-order valence-corrected chi connectivity index (χ4v) is 5.85. The molecule has 3 heterocycles. The number of halogens is 3. The zero-order valence-corrected chi connectivity index (χ0v) is 21.1. The van der Waals surface area contributed by atoms with E-state index in [0.29, 0.717) is 38.2 Å². The number of alkyl halides is 3. The number of likely N-dealkylation sites (tertiary alicyclic amines) is 1. The Hall–Kier alpha value is -2.78. The van der Waals surface area contributed by atoms with Crippen molar-refractivity contribution in [1.82, 2.24) is 15.1 Å². The lowest BCUT2D eigenvalue weighted by Crippen LogP contribution is -2.61. The van der Waals surface area contributed by atoms with Gasteiger partial charge in [-0.05, 0) is 68.2 Å². The highest BCUT2D eigenvalue weighted by atomic mass is 19.4. The molecule has 0 saturated carbocycles. The molecule has 1 N–H and O–H groups in total. The first kappa shape index (κ1) is 25.9. The number of fused-ring (bicyclic) bond motifs is 3. The van der Waals surface area contributed by atoms with Crippen LogP contribution in [0.1, 0.15) is 24.0 Å². The average Bonchev–Trinajstić information content (AvgIpc) is 3.41. The van der Waals surface area contributed by atoms with E-state index < -0.39 is 17.7 Å². The lowest BCUT2D eigenvalue weighted by atomic mass is 9.82. The molecule has 0 unspecified atom stereocenters. The molecule has 9 heteroatoms. The minimum absolute atomic E-state index is 0.0698. The van der Waals surface area contributed by atoms with Crippen LogP contribution in [0.5, 0.6) is 5.75 Å². The van der Waals surface area contributed by atoms with Gasteiger partial charge >= 0.3 is 6.18 Å². The summed E-state index contributed by atoms with van der Waals surface area (Å²) >= 11 is 0. The fourth-order valence-electron chi connectivity index (χ4n) is 5.85. The summed E-state index contributed by atoms with van der Waals surface area (Å²) in [5.41, 5.74) is 0.764. The van der Waals surface area contributed by atoms with Crippen LogP contribution in [-0.4, -0.2) is 80.7 Å². The maximum atomic E-state index is 13.4. The highest BCUT2D eigenvalue weighted by molar-refractivity contribution is 5.82. The summed E-state index contributed by atoms with van der Waals surface area (Å²) in [5, 5.41) is 3.09. The molecule has 0 bridgehead atoms. The van der Waals surface area contributed by atoms with Gasteiger partial charge in [-0.3, -0.25) is 9.69 Å². The van der Waals surface area contributed by atoms with E-state index >= 15 is 0 Å². The number of hydrogen-bond donors (Lipinski definition) is 1. The van der Waals surface area contributed by atoms with Crippen molar-refractivity contribution >= 4 is 11.6 Å². The van der Waals surface area contributed by atoms with Gasteiger partial charge in [0.2, 0.25) is 5.91 Å². The molecule has 2 fully saturated rings. The van der Waals surface area contributed by atoms with Crippen molar-refractivity contribution in [2.75, 3.05) is 63.9 Å². The maximum Gasteiger partial charge on any atom is 0.416 e. The van der Waals surface area contributed by atoms with E-state index in [1.807, 2.05) is 30.3 Å². The third-order valence-corrected chi connectivity index (χ3v) is 7.81. The van der Waals surface area contributed by atoms with Crippen molar-refractivity contribution in [2.45, 2.75) is 31.5 Å². The Morgan fingerprint density at radius 2 is 1.76 bits per heavy atom. The number of nitrogens with one attached hydrogen (secondary N) is 1. The third kappa shape index (κ3) is 6.21. The molecule has 2 atom stereocenters. The Morgan fingerprint density at radius 3 is 2.51 bits per heavy atom. The highest BCUT2D eigenvalue weighted by Gasteiger charge is 2.42. The Morgan fingerprint density at radius 1 is 0.973 bits per heavy atom. The van der Waals surface area contributed by atoms with Crippen LogP contribution in [0.4, 0.5) is 18.9 Å². The molecule has 0 aromatic heterocycles. The number of ether oxygens (including phenoxy) is 1. The van der Waals surface area contributed by atoms with E-state index in [1.165, 1.54) is 18.9 Å². The molecular formula is C28H35F3N4O2. The Kier molecular flexibility index (Phi) is 7.90. The zero-order valence-electron chi connectivity index (χ0n) is 21.1. The monoisotopic (exact) mass is 516 g/mol. The Balaban J connectivity index is 1.28. The highest BCUT2D eigenvalue weighted by Crippen LogP contribution is 2.39. The van der Waals surface area contributed by atoms with Crippen molar-refractivity contribution in [3.8, 4) is 5.75 Å². The van der Waals surface area contributed by atoms with Gasteiger partial charge in [-0.1, -0.05) is 18.2 Å². The molecule has 3 aliphatic heterocycles. The topological polar surface area (TPSA) is 48.1 Å². The van der Waals surface area contributed by atoms with Gasteiger partial charge in [0.15, 0.2) is 0 Å². The number of carbonyl (C=O) groups excluding carboxylic acids is 1. The van der Waals surface area contributed by atoms with Crippen LogP contribution >= 0.6 is 0 Å². The van der Waals surface area contributed by atoms with Crippen LogP contribution in [-0.2, 0) is 17.4 Å². The zero-order chi connectivity index (χ0) is 25.8. The number of rotatable bonds is 8. The summed E-state index contributed by atoms with van der Waals surface area (Å²) in [6.45, 7) is 6.84. The van der Waals surface area contributed by atoms with Gasteiger partial charge in [-0.2, -0.15) is 13.2 Å². The molecular weight excluding hydrogens is 481 g/mol. The van der Waals surface area contributed by atoms with Gasteiger partial charge in [-0.25, -0.2) is 0 Å². The first-order valence-corrected chi connectivity index (χ1v) is 13.3. The van der Waals surface area contributed by atoms with Crippen LogP contribution < -0.4 is 15.0 Å². The summed E-state index contributed by atoms with van der Waals surface area (Å²) in [4.78, 5) is 20.2. The summed E-state index contributed by atoms with van der Waals surface area (Å²) in [5.74, 6) is 0.343. The standard InChI is InChI=1S/C28H35F3N4O2/c29-28(30,31)22-8-9-25-21(18-22)19-24(27(36)32-10-13-33-11-4-5-12-33)26-20-34(14-15-35(25)26)16-17-37-23-6-2-1-3-7-23/h1-3,6-9,18,24,26H,4-5,10-17,19-20H2,(H,32,36)/t24-,26-/m0/s1. The van der Waals surface area contributed by atoms with Gasteiger partial charge in [0, 0.05) is 45.0 Å². The van der Waals surface area contributed by atoms with E-state index in [2.05, 4.69) is 20.0 Å². The second-order valence-corrected chi connectivity index (χ2v) is 10.2. The van der Waals surface area contributed by atoms with E-state index in [9.17, 15) is 18.0 Å². The second-order valence-electron chi connectivity index (χ2n) is 10.2. The molecule has 6 nitrogen and oxygen atoms in total. The van der Waals surface area contributed by atoms with E-state index in [4.69, 9.17) is 4.74 Å². The van der Waals surface area contributed by atoms with Crippen molar-refractivity contribution < 1.29 is 22.7 Å². The number of hydrogen-bond acceptors (Lipinski definition) is 5. The van der Waals surface area contributed by atoms with Crippen molar-refractivity contribution in [2.24, 2.45) is 5.92 Å². The van der Waals surface area contributed by atoms with E-state index in [0.717, 1.165) is 50.2 Å². The summed E-state index contributed by atoms with van der Waals surface area (Å²) in [7, 11) is 0. The molecule has 2 aromatic rings. The number of piperazine rings is 1. The average molecular weight is 517 g/mol. The van der Waals surface area contributed by atoms with Crippen molar-refractivity contribution in [3.05, 3.63) is 59.7 Å². The lowest BCUT2D eigenvalue weighted by Gasteiger charge is -2.49. The first-order chi connectivity index (χ1) is 17.9. The molecule has 200 valence electrons. The lowest BCUT2D eigenvalue weighted by molar-refractivity contribution is -0.137. The van der Waals surface area contributed by atoms with E-state index in [1.54, 1.807) is 6.07 Å². The Labute approximate surface area is 216 Å². The fraction of sp³-hybridized carbons (Fsp3) is 0.536. The number of carbonyl (C=O) groups is 1. The largest absolute Gasteiger partial charge is 0.492 e. The predicted octanol–water partition coefficient (Wildman–Crippen LogP) is 3.66. The van der Waals surface area contributed by atoms with Gasteiger partial charge in [0.1, 0.15) is 12.4 Å². The van der Waals surface area contributed by atoms with E-state index in [-0.39, 0.29) is 11.9 Å². The molecule has 37 heavy (non-hydrogen) atoms. The first-order valence-electron chi connectivity index (χ1n) is 13.3. The van der Waals surface area contributed by atoms with Gasteiger partial charge < -0.3 is 19.9 Å². The van der Waals surface area contributed by atoms with Crippen LogP contribution in [0.3, 0.4) is 0 Å². The van der Waals surface area contributed by atoms with Gasteiger partial charge in [0.05, 0.1) is 17.5 Å². The van der Waals surface area contributed by atoms with Gasteiger partial charge in [0.25, 0.3) is 0 Å². The second kappa shape index (κ2) is 11.3. The number of para-hydroxylation sites is 1. The molecule has 2 saturated heterocycles. The summed E-state index contributed by atoms with van der Waals surface area (Å²) < 4.78 is 46.2. The number of amides is 1. The quantitative estimate of drug-likeness (QED) is 0.581. The minimum Gasteiger partial charge on any atom is -0.492 e. The summed E-state index contributed by atoms with van der Waals surface area (Å²) in [6.07, 6.45) is -1.72. The third-order valence-electron chi connectivity index (χ3n) is 7.81. The van der Waals surface area contributed by atoms with Crippen molar-refractivity contribution in [1.29, 1.82) is 0 Å². The molecule has 0 aliphatic carbocycles. The smallest absolute Gasteiger partial charge is 0.416 e. The molecule has 0 spiro atoms. The molecule has 1 amide bonds.